The van der Waals surface area contributed by atoms with Gasteiger partial charge in [-0.15, -0.1) is 0 Å². The first kappa shape index (κ1) is 10.6. The van der Waals surface area contributed by atoms with Crippen molar-refractivity contribution in [2.24, 2.45) is 0 Å². The Labute approximate surface area is 102 Å². The van der Waals surface area contributed by atoms with Crippen LogP contribution in [0, 0.1) is 0 Å². The molecule has 0 spiro atoms. The number of ether oxygens (including phenoxy) is 2. The van der Waals surface area contributed by atoms with Gasteiger partial charge in [0.2, 0.25) is 6.79 Å². The van der Waals surface area contributed by atoms with Crippen LogP contribution in [-0.2, 0) is 11.2 Å². The first-order valence-electron chi connectivity index (χ1n) is 5.38. The number of aromatic nitrogens is 2. The standard InChI is InChI=1S/C12H10N2O4/c15-11(16)4-8-5-13-12(14-8)7-1-2-9-10(3-7)18-6-17-9/h1-3,5H,4,6H2,(H,13,14)(H,15,16). The van der Waals surface area contributed by atoms with Crippen molar-refractivity contribution in [3.05, 3.63) is 30.1 Å². The molecule has 0 radical (unpaired) electrons. The summed E-state index contributed by atoms with van der Waals surface area (Å²) in [6, 6.07) is 5.46. The van der Waals surface area contributed by atoms with E-state index < -0.39 is 5.97 Å². The maximum atomic E-state index is 10.6. The molecule has 0 atom stereocenters. The summed E-state index contributed by atoms with van der Waals surface area (Å²) in [5.74, 6) is 1.10. The fraction of sp³-hybridized carbons (Fsp3) is 0.167. The molecule has 2 heterocycles. The summed E-state index contributed by atoms with van der Waals surface area (Å²) in [6.07, 6.45) is 1.45. The molecule has 3 rings (SSSR count). The molecule has 18 heavy (non-hydrogen) atoms. The molecule has 1 aliphatic rings. The second kappa shape index (κ2) is 4.06. The Hall–Kier alpha value is -2.50. The van der Waals surface area contributed by atoms with Gasteiger partial charge in [-0.3, -0.25) is 4.79 Å². The highest BCUT2D eigenvalue weighted by atomic mass is 16.7. The minimum atomic E-state index is -0.893. The van der Waals surface area contributed by atoms with Gasteiger partial charge in [0, 0.05) is 17.5 Å². The van der Waals surface area contributed by atoms with Crippen molar-refractivity contribution in [1.29, 1.82) is 0 Å². The summed E-state index contributed by atoms with van der Waals surface area (Å²) in [5, 5.41) is 8.69. The lowest BCUT2D eigenvalue weighted by Crippen LogP contribution is -1.99. The molecule has 6 heteroatoms. The molecule has 1 aromatic heterocycles. The van der Waals surface area contributed by atoms with E-state index in [0.29, 0.717) is 23.0 Å². The van der Waals surface area contributed by atoms with Gasteiger partial charge in [0.05, 0.1) is 6.42 Å². The van der Waals surface area contributed by atoms with Gasteiger partial charge in [-0.2, -0.15) is 0 Å². The number of hydrogen-bond donors (Lipinski definition) is 2. The average Bonchev–Trinajstić information content (AvgIpc) is 2.95. The van der Waals surface area contributed by atoms with Crippen LogP contribution in [0.2, 0.25) is 0 Å². The minimum absolute atomic E-state index is 0.0719. The number of aromatic amines is 1. The maximum Gasteiger partial charge on any atom is 0.309 e. The van der Waals surface area contributed by atoms with E-state index in [-0.39, 0.29) is 13.2 Å². The number of benzene rings is 1. The van der Waals surface area contributed by atoms with Gasteiger partial charge >= 0.3 is 5.97 Å². The maximum absolute atomic E-state index is 10.6. The lowest BCUT2D eigenvalue weighted by molar-refractivity contribution is -0.136. The molecule has 0 aliphatic carbocycles. The van der Waals surface area contributed by atoms with Crippen LogP contribution in [0.5, 0.6) is 11.5 Å². The zero-order valence-corrected chi connectivity index (χ0v) is 9.34. The highest BCUT2D eigenvalue weighted by Gasteiger charge is 2.15. The number of rotatable bonds is 3. The third kappa shape index (κ3) is 1.88. The zero-order valence-electron chi connectivity index (χ0n) is 9.34. The summed E-state index contributed by atoms with van der Waals surface area (Å²) in [6.45, 7) is 0.223. The number of H-pyrrole nitrogens is 1. The van der Waals surface area contributed by atoms with Crippen molar-refractivity contribution < 1.29 is 19.4 Å². The van der Waals surface area contributed by atoms with Gasteiger partial charge < -0.3 is 19.6 Å². The average molecular weight is 246 g/mol. The molecule has 0 unspecified atom stereocenters. The van der Waals surface area contributed by atoms with Crippen molar-refractivity contribution >= 4 is 5.97 Å². The Morgan fingerprint density at radius 1 is 1.39 bits per heavy atom. The molecule has 0 bridgehead atoms. The second-order valence-electron chi connectivity index (χ2n) is 3.90. The lowest BCUT2D eigenvalue weighted by Gasteiger charge is -1.99. The topological polar surface area (TPSA) is 84.4 Å². The SMILES string of the molecule is O=C(O)Cc1cnc(-c2ccc3c(c2)OCO3)[nH]1. The molecular weight excluding hydrogens is 236 g/mol. The van der Waals surface area contributed by atoms with Gasteiger partial charge in [0.1, 0.15) is 5.82 Å². The van der Waals surface area contributed by atoms with Crippen LogP contribution in [0.4, 0.5) is 0 Å². The van der Waals surface area contributed by atoms with Gasteiger partial charge in [-0.05, 0) is 18.2 Å². The first-order chi connectivity index (χ1) is 8.72. The quantitative estimate of drug-likeness (QED) is 0.855. The van der Waals surface area contributed by atoms with E-state index in [1.54, 1.807) is 6.07 Å². The number of carboxylic acids is 1. The summed E-state index contributed by atoms with van der Waals surface area (Å²) in [5.41, 5.74) is 1.39. The number of hydrogen-bond acceptors (Lipinski definition) is 4. The van der Waals surface area contributed by atoms with E-state index in [1.165, 1.54) is 6.20 Å². The molecule has 0 saturated heterocycles. The molecule has 0 amide bonds. The Morgan fingerprint density at radius 3 is 3.06 bits per heavy atom. The number of nitrogens with one attached hydrogen (secondary N) is 1. The van der Waals surface area contributed by atoms with Crippen molar-refractivity contribution in [2.75, 3.05) is 6.79 Å². The lowest BCUT2D eigenvalue weighted by atomic mass is 10.2. The van der Waals surface area contributed by atoms with Crippen LogP contribution in [0.1, 0.15) is 5.69 Å². The molecular formula is C12H10N2O4. The molecule has 1 aliphatic heterocycles. The van der Waals surface area contributed by atoms with Gasteiger partial charge in [0.15, 0.2) is 11.5 Å². The largest absolute Gasteiger partial charge is 0.481 e. The molecule has 92 valence electrons. The van der Waals surface area contributed by atoms with Crippen LogP contribution in [0.25, 0.3) is 11.4 Å². The fourth-order valence-electron chi connectivity index (χ4n) is 1.80. The molecule has 0 saturated carbocycles. The summed E-state index contributed by atoms with van der Waals surface area (Å²) in [7, 11) is 0. The van der Waals surface area contributed by atoms with E-state index in [9.17, 15) is 4.79 Å². The van der Waals surface area contributed by atoms with Gasteiger partial charge in [-0.25, -0.2) is 4.98 Å². The predicted molar refractivity (Wildman–Crippen MR) is 61.5 cm³/mol. The molecule has 2 N–H and O–H groups in total. The Morgan fingerprint density at radius 2 is 2.22 bits per heavy atom. The molecule has 2 aromatic rings. The second-order valence-corrected chi connectivity index (χ2v) is 3.90. The Kier molecular flexibility index (Phi) is 2.40. The van der Waals surface area contributed by atoms with E-state index >= 15 is 0 Å². The molecule has 6 nitrogen and oxygen atoms in total. The third-order valence-electron chi connectivity index (χ3n) is 2.62. The summed E-state index contributed by atoms with van der Waals surface area (Å²) >= 11 is 0. The number of carboxylic acid groups (broad SMARTS) is 1. The van der Waals surface area contributed by atoms with Gasteiger partial charge in [-0.1, -0.05) is 0 Å². The molecule has 1 aromatic carbocycles. The number of fused-ring (bicyclic) bond motifs is 1. The zero-order chi connectivity index (χ0) is 12.5. The first-order valence-corrected chi connectivity index (χ1v) is 5.38. The monoisotopic (exact) mass is 246 g/mol. The van der Waals surface area contributed by atoms with Crippen molar-refractivity contribution in [3.63, 3.8) is 0 Å². The van der Waals surface area contributed by atoms with E-state index in [2.05, 4.69) is 9.97 Å². The van der Waals surface area contributed by atoms with Crippen LogP contribution in [0.3, 0.4) is 0 Å². The minimum Gasteiger partial charge on any atom is -0.481 e. The van der Waals surface area contributed by atoms with Crippen LogP contribution >= 0.6 is 0 Å². The highest BCUT2D eigenvalue weighted by Crippen LogP contribution is 2.35. The van der Waals surface area contributed by atoms with Crippen LogP contribution < -0.4 is 9.47 Å². The number of carbonyl (C=O) groups is 1. The molecule has 0 fully saturated rings. The number of imidazole rings is 1. The summed E-state index contributed by atoms with van der Waals surface area (Å²) in [4.78, 5) is 17.7. The van der Waals surface area contributed by atoms with E-state index in [1.807, 2.05) is 12.1 Å². The summed E-state index contributed by atoms with van der Waals surface area (Å²) < 4.78 is 10.5. The fourth-order valence-corrected chi connectivity index (χ4v) is 1.80. The van der Waals surface area contributed by atoms with E-state index in [4.69, 9.17) is 14.6 Å². The normalized spacial score (nSPS) is 12.7. The van der Waals surface area contributed by atoms with Crippen molar-refractivity contribution in [3.8, 4) is 22.9 Å². The smallest absolute Gasteiger partial charge is 0.309 e. The Balaban J connectivity index is 1.90. The number of nitrogens with zero attached hydrogens (tertiary/aromatic N) is 1. The van der Waals surface area contributed by atoms with E-state index in [0.717, 1.165) is 5.56 Å². The third-order valence-corrected chi connectivity index (χ3v) is 2.62. The Bertz CT molecular complexity index is 606. The van der Waals surface area contributed by atoms with Crippen LogP contribution in [-0.4, -0.2) is 27.8 Å². The highest BCUT2D eigenvalue weighted by molar-refractivity contribution is 5.70. The van der Waals surface area contributed by atoms with Crippen molar-refractivity contribution in [1.82, 2.24) is 9.97 Å². The van der Waals surface area contributed by atoms with Crippen molar-refractivity contribution in [2.45, 2.75) is 6.42 Å². The predicted octanol–water partition coefficient (Wildman–Crippen LogP) is 1.43. The van der Waals surface area contributed by atoms with Crippen LogP contribution in [0.15, 0.2) is 24.4 Å². The van der Waals surface area contributed by atoms with Gasteiger partial charge in [0.25, 0.3) is 0 Å². The number of aliphatic carboxylic acids is 1.